The standard InChI is InChI=1S/C16H26N2O/c1-17-16(10-9-15-8-5-11-19-15)13-6-4-7-14(12-13)18(2)3/h4,6-7,12,15-17H,5,8-11H2,1-3H3. The first kappa shape index (κ1) is 14.4. The predicted molar refractivity (Wildman–Crippen MR) is 80.8 cm³/mol. The Labute approximate surface area is 116 Å². The molecule has 1 aliphatic heterocycles. The predicted octanol–water partition coefficient (Wildman–Crippen LogP) is 2.97. The molecule has 0 amide bonds. The summed E-state index contributed by atoms with van der Waals surface area (Å²) in [6, 6.07) is 9.20. The maximum absolute atomic E-state index is 5.71. The second-order valence-electron chi connectivity index (χ2n) is 5.54. The van der Waals surface area contributed by atoms with E-state index in [4.69, 9.17) is 4.74 Å². The molecule has 1 aromatic rings. The van der Waals surface area contributed by atoms with Gasteiger partial charge in [0.1, 0.15) is 0 Å². The summed E-state index contributed by atoms with van der Waals surface area (Å²) in [7, 11) is 6.21. The van der Waals surface area contributed by atoms with Crippen molar-refractivity contribution in [3.05, 3.63) is 29.8 Å². The zero-order chi connectivity index (χ0) is 13.7. The summed E-state index contributed by atoms with van der Waals surface area (Å²) in [5.74, 6) is 0. The minimum atomic E-state index is 0.420. The molecular formula is C16H26N2O. The molecule has 0 bridgehead atoms. The summed E-state index contributed by atoms with van der Waals surface area (Å²) < 4.78 is 5.71. The highest BCUT2D eigenvalue weighted by molar-refractivity contribution is 5.47. The van der Waals surface area contributed by atoms with Gasteiger partial charge in [0.25, 0.3) is 0 Å². The SMILES string of the molecule is CNC(CCC1CCCO1)c1cccc(N(C)C)c1. The monoisotopic (exact) mass is 262 g/mol. The molecule has 0 saturated carbocycles. The largest absolute Gasteiger partial charge is 0.378 e. The summed E-state index contributed by atoms with van der Waals surface area (Å²) in [5.41, 5.74) is 2.63. The van der Waals surface area contributed by atoms with Gasteiger partial charge < -0.3 is 15.0 Å². The number of hydrogen-bond donors (Lipinski definition) is 1. The highest BCUT2D eigenvalue weighted by Crippen LogP contribution is 2.25. The summed E-state index contributed by atoms with van der Waals surface area (Å²) in [6.07, 6.45) is 5.22. The molecule has 106 valence electrons. The van der Waals surface area contributed by atoms with Crippen molar-refractivity contribution in [2.45, 2.75) is 37.8 Å². The zero-order valence-corrected chi connectivity index (χ0v) is 12.4. The number of nitrogens with one attached hydrogen (secondary N) is 1. The number of ether oxygens (including phenoxy) is 1. The van der Waals surface area contributed by atoms with Crippen molar-refractivity contribution in [3.8, 4) is 0 Å². The Kier molecular flexibility index (Phi) is 5.23. The van der Waals surface area contributed by atoms with Crippen LogP contribution in [0, 0.1) is 0 Å². The van der Waals surface area contributed by atoms with Gasteiger partial charge in [0, 0.05) is 32.4 Å². The topological polar surface area (TPSA) is 24.5 Å². The highest BCUT2D eigenvalue weighted by atomic mass is 16.5. The fraction of sp³-hybridized carbons (Fsp3) is 0.625. The van der Waals surface area contributed by atoms with E-state index in [-0.39, 0.29) is 0 Å². The first-order valence-corrected chi connectivity index (χ1v) is 7.27. The first-order chi connectivity index (χ1) is 9.20. The van der Waals surface area contributed by atoms with Crippen LogP contribution in [0.3, 0.4) is 0 Å². The Hall–Kier alpha value is -1.06. The highest BCUT2D eigenvalue weighted by Gasteiger charge is 2.18. The molecule has 1 N–H and O–H groups in total. The molecule has 19 heavy (non-hydrogen) atoms. The molecule has 0 aliphatic carbocycles. The Morgan fingerprint density at radius 1 is 1.42 bits per heavy atom. The molecule has 1 heterocycles. The van der Waals surface area contributed by atoms with Crippen molar-refractivity contribution >= 4 is 5.69 Å². The van der Waals surface area contributed by atoms with E-state index in [2.05, 4.69) is 48.6 Å². The van der Waals surface area contributed by atoms with Crippen LogP contribution in [0.15, 0.2) is 24.3 Å². The lowest BCUT2D eigenvalue weighted by atomic mass is 9.99. The average Bonchev–Trinajstić information content (AvgIpc) is 2.93. The number of benzene rings is 1. The van der Waals surface area contributed by atoms with E-state index < -0.39 is 0 Å². The van der Waals surface area contributed by atoms with Crippen LogP contribution in [0.1, 0.15) is 37.3 Å². The minimum absolute atomic E-state index is 0.420. The van der Waals surface area contributed by atoms with Gasteiger partial charge in [0.05, 0.1) is 6.10 Å². The normalized spacial score (nSPS) is 20.5. The summed E-state index contributed by atoms with van der Waals surface area (Å²) in [4.78, 5) is 2.15. The van der Waals surface area contributed by atoms with Gasteiger partial charge in [0.2, 0.25) is 0 Å². The van der Waals surface area contributed by atoms with Crippen molar-refractivity contribution in [2.75, 3.05) is 32.6 Å². The summed E-state index contributed by atoms with van der Waals surface area (Å²) in [5, 5.41) is 3.43. The number of nitrogens with zero attached hydrogens (tertiary/aromatic N) is 1. The van der Waals surface area contributed by atoms with Crippen molar-refractivity contribution in [1.82, 2.24) is 5.32 Å². The third kappa shape index (κ3) is 3.95. The van der Waals surface area contributed by atoms with Gasteiger partial charge in [-0.2, -0.15) is 0 Å². The lowest BCUT2D eigenvalue weighted by Crippen LogP contribution is -2.19. The molecule has 0 spiro atoms. The Balaban J connectivity index is 1.97. The van der Waals surface area contributed by atoms with E-state index in [9.17, 15) is 0 Å². The second-order valence-corrected chi connectivity index (χ2v) is 5.54. The molecule has 3 heteroatoms. The van der Waals surface area contributed by atoms with Crippen molar-refractivity contribution < 1.29 is 4.74 Å². The molecule has 0 radical (unpaired) electrons. The third-order valence-corrected chi connectivity index (χ3v) is 3.94. The lowest BCUT2D eigenvalue weighted by molar-refractivity contribution is 0.0998. The molecule has 0 aromatic heterocycles. The van der Waals surface area contributed by atoms with Crippen molar-refractivity contribution in [1.29, 1.82) is 0 Å². The van der Waals surface area contributed by atoms with E-state index in [1.54, 1.807) is 0 Å². The van der Waals surface area contributed by atoms with Gasteiger partial charge >= 0.3 is 0 Å². The van der Waals surface area contributed by atoms with Crippen LogP contribution in [0.5, 0.6) is 0 Å². The molecule has 2 rings (SSSR count). The molecule has 3 nitrogen and oxygen atoms in total. The molecule has 2 atom stereocenters. The van der Waals surface area contributed by atoms with Crippen LogP contribution < -0.4 is 10.2 Å². The van der Waals surface area contributed by atoms with Crippen LogP contribution in [-0.4, -0.2) is 33.9 Å². The van der Waals surface area contributed by atoms with E-state index in [1.165, 1.54) is 24.1 Å². The van der Waals surface area contributed by atoms with Crippen LogP contribution in [0.4, 0.5) is 5.69 Å². The van der Waals surface area contributed by atoms with Gasteiger partial charge in [0.15, 0.2) is 0 Å². The van der Waals surface area contributed by atoms with Crippen LogP contribution in [-0.2, 0) is 4.74 Å². The summed E-state index contributed by atoms with van der Waals surface area (Å²) >= 11 is 0. The molecule has 1 aromatic carbocycles. The molecule has 2 unspecified atom stereocenters. The van der Waals surface area contributed by atoms with Gasteiger partial charge in [-0.1, -0.05) is 12.1 Å². The fourth-order valence-electron chi connectivity index (χ4n) is 2.72. The van der Waals surface area contributed by atoms with Crippen LogP contribution >= 0.6 is 0 Å². The number of rotatable bonds is 6. The second kappa shape index (κ2) is 6.92. The smallest absolute Gasteiger partial charge is 0.0576 e. The minimum Gasteiger partial charge on any atom is -0.378 e. The molecule has 1 fully saturated rings. The zero-order valence-electron chi connectivity index (χ0n) is 12.4. The molecule has 1 saturated heterocycles. The van der Waals surface area contributed by atoms with Gasteiger partial charge in [-0.05, 0) is 50.4 Å². The van der Waals surface area contributed by atoms with Gasteiger partial charge in [-0.15, -0.1) is 0 Å². The van der Waals surface area contributed by atoms with E-state index >= 15 is 0 Å². The molecular weight excluding hydrogens is 236 g/mol. The average molecular weight is 262 g/mol. The third-order valence-electron chi connectivity index (χ3n) is 3.94. The van der Waals surface area contributed by atoms with Gasteiger partial charge in [-0.25, -0.2) is 0 Å². The number of hydrogen-bond acceptors (Lipinski definition) is 3. The van der Waals surface area contributed by atoms with E-state index in [0.29, 0.717) is 12.1 Å². The maximum Gasteiger partial charge on any atom is 0.0576 e. The van der Waals surface area contributed by atoms with Crippen molar-refractivity contribution in [2.24, 2.45) is 0 Å². The Bertz CT molecular complexity index is 386. The first-order valence-electron chi connectivity index (χ1n) is 7.27. The number of anilines is 1. The van der Waals surface area contributed by atoms with Crippen LogP contribution in [0.25, 0.3) is 0 Å². The summed E-state index contributed by atoms with van der Waals surface area (Å²) in [6.45, 7) is 0.949. The maximum atomic E-state index is 5.71. The van der Waals surface area contributed by atoms with Crippen LogP contribution in [0.2, 0.25) is 0 Å². The van der Waals surface area contributed by atoms with Gasteiger partial charge in [-0.3, -0.25) is 0 Å². The fourth-order valence-corrected chi connectivity index (χ4v) is 2.72. The lowest BCUT2D eigenvalue weighted by Gasteiger charge is -2.21. The van der Waals surface area contributed by atoms with Crippen molar-refractivity contribution in [3.63, 3.8) is 0 Å². The van der Waals surface area contributed by atoms with E-state index in [0.717, 1.165) is 19.4 Å². The van der Waals surface area contributed by atoms with E-state index in [1.807, 2.05) is 7.05 Å². The quantitative estimate of drug-likeness (QED) is 0.853. The Morgan fingerprint density at radius 2 is 2.26 bits per heavy atom. The molecule has 1 aliphatic rings. The Morgan fingerprint density at radius 3 is 2.89 bits per heavy atom.